The lowest BCUT2D eigenvalue weighted by Gasteiger charge is -2.42. The summed E-state index contributed by atoms with van der Waals surface area (Å²) in [7, 11) is 0. The predicted octanol–water partition coefficient (Wildman–Crippen LogP) is 5.71. The summed E-state index contributed by atoms with van der Waals surface area (Å²) in [5, 5.41) is 14.4. The first-order valence-corrected chi connectivity index (χ1v) is 10.9. The number of likely N-dealkylation sites (tertiary alicyclic amines) is 1. The molecule has 1 fully saturated rings. The minimum Gasteiger partial charge on any atom is -0.329 e. The van der Waals surface area contributed by atoms with E-state index < -0.39 is 4.92 Å². The van der Waals surface area contributed by atoms with E-state index in [4.69, 9.17) is 11.6 Å². The van der Waals surface area contributed by atoms with Gasteiger partial charge in [0.2, 0.25) is 0 Å². The summed E-state index contributed by atoms with van der Waals surface area (Å²) in [5.41, 5.74) is 1.50. The van der Waals surface area contributed by atoms with Gasteiger partial charge in [-0.05, 0) is 42.2 Å². The summed E-state index contributed by atoms with van der Waals surface area (Å²) in [6, 6.07) is 13.4. The SMILES string of the molecule is CC1CC(c2nccs2)N(C(=O)c2ccc([N+](=O)[O-])cc2)CC1c1cccc(Cl)c1. The fourth-order valence-corrected chi connectivity index (χ4v) is 5.05. The number of carbonyl (C=O) groups is 1. The smallest absolute Gasteiger partial charge is 0.269 e. The van der Waals surface area contributed by atoms with Crippen molar-refractivity contribution in [1.29, 1.82) is 0 Å². The van der Waals surface area contributed by atoms with Gasteiger partial charge in [-0.1, -0.05) is 30.7 Å². The van der Waals surface area contributed by atoms with Gasteiger partial charge in [0.25, 0.3) is 11.6 Å². The second-order valence-corrected chi connectivity index (χ2v) is 8.88. The molecule has 1 saturated heterocycles. The molecule has 6 nitrogen and oxygen atoms in total. The van der Waals surface area contributed by atoms with Crippen molar-refractivity contribution in [2.24, 2.45) is 5.92 Å². The van der Waals surface area contributed by atoms with Crippen molar-refractivity contribution in [3.8, 4) is 0 Å². The standard InChI is InChI=1S/C22H20ClN3O3S/c1-14-11-20(21-24-9-10-30-21)25(13-19(14)16-3-2-4-17(23)12-16)22(27)15-5-7-18(8-6-15)26(28)29/h2-10,12,14,19-20H,11,13H2,1H3. The highest BCUT2D eigenvalue weighted by Gasteiger charge is 2.38. The van der Waals surface area contributed by atoms with Gasteiger partial charge < -0.3 is 4.90 Å². The number of thiazole rings is 1. The van der Waals surface area contributed by atoms with Crippen molar-refractivity contribution in [3.05, 3.63) is 91.4 Å². The second kappa shape index (κ2) is 8.53. The van der Waals surface area contributed by atoms with Crippen LogP contribution in [0.15, 0.2) is 60.1 Å². The van der Waals surface area contributed by atoms with Crippen molar-refractivity contribution >= 4 is 34.5 Å². The van der Waals surface area contributed by atoms with E-state index in [1.807, 2.05) is 34.5 Å². The van der Waals surface area contributed by atoms with Crippen molar-refractivity contribution in [3.63, 3.8) is 0 Å². The largest absolute Gasteiger partial charge is 0.329 e. The Morgan fingerprint density at radius 2 is 2.03 bits per heavy atom. The van der Waals surface area contributed by atoms with Crippen molar-refractivity contribution in [1.82, 2.24) is 9.88 Å². The van der Waals surface area contributed by atoms with E-state index in [-0.39, 0.29) is 23.6 Å². The minimum atomic E-state index is -0.468. The number of nitrogens with zero attached hydrogens (tertiary/aromatic N) is 3. The number of rotatable bonds is 4. The van der Waals surface area contributed by atoms with Crippen LogP contribution in [0.1, 0.15) is 46.2 Å². The Balaban J connectivity index is 1.68. The maximum absolute atomic E-state index is 13.4. The van der Waals surface area contributed by atoms with Crippen molar-refractivity contribution in [2.75, 3.05) is 6.54 Å². The molecule has 0 bridgehead atoms. The molecule has 0 aliphatic carbocycles. The molecule has 1 aliphatic heterocycles. The van der Waals surface area contributed by atoms with Gasteiger partial charge in [0.1, 0.15) is 5.01 Å². The van der Waals surface area contributed by atoms with Gasteiger partial charge in [0.15, 0.2) is 0 Å². The molecule has 3 atom stereocenters. The summed E-state index contributed by atoms with van der Waals surface area (Å²) in [6.07, 6.45) is 2.53. The minimum absolute atomic E-state index is 0.0351. The Kier molecular flexibility index (Phi) is 5.83. The van der Waals surface area contributed by atoms with Gasteiger partial charge in [0, 0.05) is 46.8 Å². The van der Waals surface area contributed by atoms with E-state index in [0.29, 0.717) is 23.0 Å². The second-order valence-electron chi connectivity index (χ2n) is 7.52. The highest BCUT2D eigenvalue weighted by Crippen LogP contribution is 2.43. The quantitative estimate of drug-likeness (QED) is 0.383. The van der Waals surface area contributed by atoms with Crippen LogP contribution in [-0.4, -0.2) is 27.3 Å². The van der Waals surface area contributed by atoms with Crippen molar-refractivity contribution < 1.29 is 9.72 Å². The zero-order chi connectivity index (χ0) is 21.3. The molecule has 2 aromatic carbocycles. The first-order valence-electron chi connectivity index (χ1n) is 9.64. The molecule has 1 aromatic heterocycles. The number of carbonyl (C=O) groups excluding carboxylic acids is 1. The van der Waals surface area contributed by atoms with E-state index >= 15 is 0 Å². The molecule has 154 valence electrons. The third kappa shape index (κ3) is 4.08. The van der Waals surface area contributed by atoms with Crippen LogP contribution in [0.2, 0.25) is 5.02 Å². The zero-order valence-electron chi connectivity index (χ0n) is 16.3. The molecule has 2 heterocycles. The number of piperidine rings is 1. The molecule has 0 radical (unpaired) electrons. The number of halogens is 1. The topological polar surface area (TPSA) is 76.3 Å². The van der Waals surface area contributed by atoms with Crippen LogP contribution in [0.25, 0.3) is 0 Å². The zero-order valence-corrected chi connectivity index (χ0v) is 17.8. The summed E-state index contributed by atoms with van der Waals surface area (Å²) in [6.45, 7) is 2.72. The molecular weight excluding hydrogens is 422 g/mol. The third-order valence-corrected chi connectivity index (χ3v) is 6.76. The Hall–Kier alpha value is -2.77. The number of aromatic nitrogens is 1. The number of hydrogen-bond acceptors (Lipinski definition) is 5. The van der Waals surface area contributed by atoms with Crippen LogP contribution in [0.5, 0.6) is 0 Å². The highest BCUT2D eigenvalue weighted by atomic mass is 35.5. The predicted molar refractivity (Wildman–Crippen MR) is 117 cm³/mol. The third-order valence-electron chi connectivity index (χ3n) is 5.65. The molecule has 3 unspecified atom stereocenters. The van der Waals surface area contributed by atoms with Gasteiger partial charge in [-0.15, -0.1) is 11.3 Å². The monoisotopic (exact) mass is 441 g/mol. The van der Waals surface area contributed by atoms with E-state index in [1.54, 1.807) is 6.20 Å². The number of amides is 1. The first kappa shape index (κ1) is 20.5. The van der Waals surface area contributed by atoms with Crippen LogP contribution in [-0.2, 0) is 0 Å². The molecule has 0 N–H and O–H groups in total. The number of nitro groups is 1. The van der Waals surface area contributed by atoms with Crippen LogP contribution in [0.4, 0.5) is 5.69 Å². The summed E-state index contributed by atoms with van der Waals surface area (Å²) in [5.74, 6) is 0.323. The normalized spacial score (nSPS) is 21.4. The van der Waals surface area contributed by atoms with Crippen LogP contribution >= 0.6 is 22.9 Å². The molecule has 1 aliphatic rings. The van der Waals surface area contributed by atoms with E-state index in [1.165, 1.54) is 35.6 Å². The fraction of sp³-hybridized carbons (Fsp3) is 0.273. The van der Waals surface area contributed by atoms with Crippen LogP contribution in [0, 0.1) is 16.0 Å². The van der Waals surface area contributed by atoms with Crippen LogP contribution in [0.3, 0.4) is 0 Å². The molecular formula is C22H20ClN3O3S. The van der Waals surface area contributed by atoms with Gasteiger partial charge in [-0.3, -0.25) is 14.9 Å². The van der Waals surface area contributed by atoms with Gasteiger partial charge in [0.05, 0.1) is 11.0 Å². The number of non-ortho nitro benzene ring substituents is 1. The summed E-state index contributed by atoms with van der Waals surface area (Å²) < 4.78 is 0. The Morgan fingerprint density at radius 1 is 1.27 bits per heavy atom. The summed E-state index contributed by atoms with van der Waals surface area (Å²) >= 11 is 7.75. The molecule has 0 saturated carbocycles. The number of hydrogen-bond donors (Lipinski definition) is 0. The highest BCUT2D eigenvalue weighted by molar-refractivity contribution is 7.09. The fourth-order valence-electron chi connectivity index (χ4n) is 4.08. The van der Waals surface area contributed by atoms with Gasteiger partial charge in [-0.2, -0.15) is 0 Å². The molecule has 30 heavy (non-hydrogen) atoms. The lowest BCUT2D eigenvalue weighted by molar-refractivity contribution is -0.384. The van der Waals surface area contributed by atoms with Gasteiger partial charge in [-0.25, -0.2) is 4.98 Å². The average Bonchev–Trinajstić information content (AvgIpc) is 3.28. The van der Waals surface area contributed by atoms with E-state index in [9.17, 15) is 14.9 Å². The Bertz CT molecular complexity index is 1060. The first-order chi connectivity index (χ1) is 14.4. The molecule has 0 spiro atoms. The lowest BCUT2D eigenvalue weighted by Crippen LogP contribution is -2.44. The number of benzene rings is 2. The van der Waals surface area contributed by atoms with Crippen LogP contribution < -0.4 is 0 Å². The molecule has 8 heteroatoms. The van der Waals surface area contributed by atoms with E-state index in [0.717, 1.165) is 17.0 Å². The maximum Gasteiger partial charge on any atom is 0.269 e. The van der Waals surface area contributed by atoms with Crippen molar-refractivity contribution in [2.45, 2.75) is 25.3 Å². The summed E-state index contributed by atoms with van der Waals surface area (Å²) in [4.78, 5) is 30.2. The average molecular weight is 442 g/mol. The molecule has 4 rings (SSSR count). The van der Waals surface area contributed by atoms with Gasteiger partial charge >= 0.3 is 0 Å². The molecule has 1 amide bonds. The maximum atomic E-state index is 13.4. The number of nitro benzene ring substituents is 1. The Labute approximate surface area is 183 Å². The Morgan fingerprint density at radius 3 is 2.67 bits per heavy atom. The lowest BCUT2D eigenvalue weighted by atomic mass is 9.79. The van der Waals surface area contributed by atoms with E-state index in [2.05, 4.69) is 11.9 Å². The molecule has 3 aromatic rings.